The minimum atomic E-state index is -0.699. The second-order valence-electron chi connectivity index (χ2n) is 9.44. The van der Waals surface area contributed by atoms with Crippen molar-refractivity contribution in [2.75, 3.05) is 6.61 Å². The van der Waals surface area contributed by atoms with Crippen LogP contribution in [0.3, 0.4) is 0 Å². The third-order valence-corrected chi connectivity index (χ3v) is 7.13. The molecule has 0 unspecified atom stereocenters. The van der Waals surface area contributed by atoms with E-state index in [4.69, 9.17) is 27.9 Å². The van der Waals surface area contributed by atoms with Gasteiger partial charge in [0, 0.05) is 29.1 Å². The summed E-state index contributed by atoms with van der Waals surface area (Å²) in [6, 6.07) is 23.5. The van der Waals surface area contributed by atoms with Gasteiger partial charge in [0.25, 0.3) is 5.91 Å². The molecule has 37 heavy (non-hydrogen) atoms. The Bertz CT molecular complexity index is 1160. The summed E-state index contributed by atoms with van der Waals surface area (Å²) in [5.74, 6) is 0.0778. The van der Waals surface area contributed by atoms with Crippen LogP contribution in [0.25, 0.3) is 0 Å². The third-order valence-electron chi connectivity index (χ3n) is 6.65. The highest BCUT2D eigenvalue weighted by molar-refractivity contribution is 6.30. The summed E-state index contributed by atoms with van der Waals surface area (Å²) in [4.78, 5) is 29.0. The molecule has 7 heteroatoms. The van der Waals surface area contributed by atoms with Gasteiger partial charge in [-0.05, 0) is 54.3 Å². The molecular formula is C30H32Cl2N2O3. The van der Waals surface area contributed by atoms with Crippen LogP contribution in [-0.4, -0.2) is 35.4 Å². The molecule has 1 atom stereocenters. The van der Waals surface area contributed by atoms with Gasteiger partial charge in [-0.1, -0.05) is 91.0 Å². The monoisotopic (exact) mass is 538 g/mol. The third kappa shape index (κ3) is 8.24. The van der Waals surface area contributed by atoms with Gasteiger partial charge < -0.3 is 15.0 Å². The van der Waals surface area contributed by atoms with Crippen molar-refractivity contribution in [1.29, 1.82) is 0 Å². The van der Waals surface area contributed by atoms with Gasteiger partial charge in [-0.2, -0.15) is 0 Å². The summed E-state index contributed by atoms with van der Waals surface area (Å²) >= 11 is 12.2. The maximum atomic E-state index is 13.7. The normalized spacial score (nSPS) is 14.5. The average molecular weight is 540 g/mol. The van der Waals surface area contributed by atoms with Crippen molar-refractivity contribution in [1.82, 2.24) is 10.2 Å². The summed E-state index contributed by atoms with van der Waals surface area (Å²) in [6.07, 6.45) is 5.74. The van der Waals surface area contributed by atoms with Crippen LogP contribution in [-0.2, 0) is 22.6 Å². The average Bonchev–Trinajstić information content (AvgIpc) is 2.91. The Hall–Kier alpha value is -3.02. The Morgan fingerprint density at radius 3 is 2.30 bits per heavy atom. The van der Waals surface area contributed by atoms with E-state index in [1.165, 1.54) is 6.42 Å². The van der Waals surface area contributed by atoms with Crippen LogP contribution in [0.2, 0.25) is 10.0 Å². The van der Waals surface area contributed by atoms with E-state index >= 15 is 0 Å². The Balaban J connectivity index is 1.60. The highest BCUT2D eigenvalue weighted by Crippen LogP contribution is 2.21. The lowest BCUT2D eigenvalue weighted by Gasteiger charge is -2.33. The molecule has 1 aliphatic carbocycles. The molecule has 1 saturated carbocycles. The molecule has 1 fully saturated rings. The molecule has 4 rings (SSSR count). The maximum absolute atomic E-state index is 13.7. The topological polar surface area (TPSA) is 58.6 Å². The van der Waals surface area contributed by atoms with Gasteiger partial charge in [-0.25, -0.2) is 0 Å². The summed E-state index contributed by atoms with van der Waals surface area (Å²) in [7, 11) is 0. The van der Waals surface area contributed by atoms with Crippen LogP contribution >= 0.6 is 23.2 Å². The van der Waals surface area contributed by atoms with E-state index in [9.17, 15) is 9.59 Å². The Kier molecular flexibility index (Phi) is 9.86. The molecule has 0 radical (unpaired) electrons. The first-order valence-corrected chi connectivity index (χ1v) is 13.5. The highest BCUT2D eigenvalue weighted by Gasteiger charge is 2.32. The predicted octanol–water partition coefficient (Wildman–Crippen LogP) is 6.46. The van der Waals surface area contributed by atoms with Crippen LogP contribution in [0, 0.1) is 0 Å². The van der Waals surface area contributed by atoms with Gasteiger partial charge in [0.05, 0.1) is 0 Å². The maximum Gasteiger partial charge on any atom is 0.261 e. The zero-order valence-electron chi connectivity index (χ0n) is 20.7. The molecule has 0 bridgehead atoms. The zero-order valence-corrected chi connectivity index (χ0v) is 22.3. The SMILES string of the molecule is O=C(NC1CCCCC1)[C@@H](Cc1ccccc1)N(Cc1ccc(Cl)cc1)C(=O)COc1cccc(Cl)c1. The molecule has 1 N–H and O–H groups in total. The van der Waals surface area contributed by atoms with Crippen LogP contribution in [0.4, 0.5) is 0 Å². The molecule has 3 aromatic carbocycles. The van der Waals surface area contributed by atoms with E-state index in [-0.39, 0.29) is 31.0 Å². The standard InChI is InChI=1S/C30H32Cl2N2O3/c31-24-16-14-23(15-17-24)20-34(29(35)21-37-27-13-7-10-25(32)19-27)28(18-22-8-3-1-4-9-22)30(36)33-26-11-5-2-6-12-26/h1,3-4,7-10,13-17,19,26,28H,2,5-6,11-12,18,20-21H2,(H,33,36)/t28-/m1/s1. The summed E-state index contributed by atoms with van der Waals surface area (Å²) < 4.78 is 5.79. The van der Waals surface area contributed by atoms with Crippen molar-refractivity contribution in [3.8, 4) is 5.75 Å². The van der Waals surface area contributed by atoms with Gasteiger partial charge in [0.1, 0.15) is 11.8 Å². The van der Waals surface area contributed by atoms with E-state index in [1.54, 1.807) is 41.3 Å². The molecule has 0 spiro atoms. The number of carbonyl (C=O) groups is 2. The second kappa shape index (κ2) is 13.5. The first kappa shape index (κ1) is 27.0. The summed E-state index contributed by atoms with van der Waals surface area (Å²) in [6.45, 7) is 0.0421. The van der Waals surface area contributed by atoms with E-state index in [2.05, 4.69) is 5.32 Å². The molecule has 0 heterocycles. The van der Waals surface area contributed by atoms with Gasteiger partial charge in [-0.3, -0.25) is 9.59 Å². The van der Waals surface area contributed by atoms with Crippen molar-refractivity contribution in [2.24, 2.45) is 0 Å². The van der Waals surface area contributed by atoms with Gasteiger partial charge in [0.2, 0.25) is 5.91 Å². The minimum Gasteiger partial charge on any atom is -0.484 e. The quantitative estimate of drug-likeness (QED) is 0.322. The largest absolute Gasteiger partial charge is 0.484 e. The molecule has 3 aromatic rings. The number of rotatable bonds is 10. The number of hydrogen-bond acceptors (Lipinski definition) is 3. The van der Waals surface area contributed by atoms with E-state index in [1.807, 2.05) is 42.5 Å². The fourth-order valence-electron chi connectivity index (χ4n) is 4.67. The van der Waals surface area contributed by atoms with Gasteiger partial charge >= 0.3 is 0 Å². The van der Waals surface area contributed by atoms with E-state index in [0.717, 1.165) is 36.8 Å². The van der Waals surface area contributed by atoms with Crippen molar-refractivity contribution >= 4 is 35.0 Å². The Morgan fingerprint density at radius 2 is 1.59 bits per heavy atom. The van der Waals surface area contributed by atoms with E-state index < -0.39 is 6.04 Å². The lowest BCUT2D eigenvalue weighted by Crippen LogP contribution is -2.53. The smallest absolute Gasteiger partial charge is 0.261 e. The second-order valence-corrected chi connectivity index (χ2v) is 10.3. The van der Waals surface area contributed by atoms with Crippen LogP contribution < -0.4 is 10.1 Å². The number of nitrogens with zero attached hydrogens (tertiary/aromatic N) is 1. The first-order chi connectivity index (χ1) is 18.0. The van der Waals surface area contributed by atoms with Crippen LogP contribution in [0.5, 0.6) is 5.75 Å². The summed E-state index contributed by atoms with van der Waals surface area (Å²) in [5.41, 5.74) is 1.86. The van der Waals surface area contributed by atoms with Gasteiger partial charge in [-0.15, -0.1) is 0 Å². The molecule has 5 nitrogen and oxygen atoms in total. The lowest BCUT2D eigenvalue weighted by atomic mass is 9.94. The van der Waals surface area contributed by atoms with Crippen molar-refractivity contribution in [3.63, 3.8) is 0 Å². The number of amides is 2. The zero-order chi connectivity index (χ0) is 26.0. The van der Waals surface area contributed by atoms with Crippen molar-refractivity contribution in [3.05, 3.63) is 100 Å². The molecule has 194 valence electrons. The van der Waals surface area contributed by atoms with Crippen molar-refractivity contribution < 1.29 is 14.3 Å². The molecule has 0 saturated heterocycles. The van der Waals surface area contributed by atoms with Crippen LogP contribution in [0.15, 0.2) is 78.9 Å². The fourth-order valence-corrected chi connectivity index (χ4v) is 4.98. The number of ether oxygens (including phenoxy) is 1. The first-order valence-electron chi connectivity index (χ1n) is 12.7. The molecule has 1 aliphatic rings. The fraction of sp³-hybridized carbons (Fsp3) is 0.333. The van der Waals surface area contributed by atoms with Crippen molar-refractivity contribution in [2.45, 2.75) is 57.2 Å². The summed E-state index contributed by atoms with van der Waals surface area (Å²) in [5, 5.41) is 4.38. The van der Waals surface area contributed by atoms with Gasteiger partial charge in [0.15, 0.2) is 6.61 Å². The molecule has 0 aliphatic heterocycles. The minimum absolute atomic E-state index is 0.134. The number of hydrogen-bond donors (Lipinski definition) is 1. The Morgan fingerprint density at radius 1 is 0.865 bits per heavy atom. The number of nitrogens with one attached hydrogen (secondary N) is 1. The number of halogens is 2. The van der Waals surface area contributed by atoms with Crippen LogP contribution in [0.1, 0.15) is 43.2 Å². The molecular weight excluding hydrogens is 507 g/mol. The van der Waals surface area contributed by atoms with E-state index in [0.29, 0.717) is 22.2 Å². The number of benzene rings is 3. The Labute approximate surface area is 228 Å². The number of carbonyl (C=O) groups excluding carboxylic acids is 2. The molecule has 0 aromatic heterocycles. The predicted molar refractivity (Wildman–Crippen MR) is 148 cm³/mol. The lowest BCUT2D eigenvalue weighted by molar-refractivity contribution is -0.143. The highest BCUT2D eigenvalue weighted by atomic mass is 35.5. The molecule has 2 amide bonds.